The molecule has 9 N–H and O–H groups in total. The van der Waals surface area contributed by atoms with Crippen molar-refractivity contribution >= 4 is 80.9 Å². The summed E-state index contributed by atoms with van der Waals surface area (Å²) in [6.07, 6.45) is 10.6. The van der Waals surface area contributed by atoms with E-state index >= 15 is 0 Å². The highest BCUT2D eigenvalue weighted by Crippen LogP contribution is 2.33. The van der Waals surface area contributed by atoms with Crippen LogP contribution in [-0.4, -0.2) is 179 Å². The Morgan fingerprint density at radius 2 is 0.936 bits per heavy atom. The number of benzene rings is 4. The Balaban J connectivity index is 0.000000127. The fourth-order valence-electron chi connectivity index (χ4n) is 11.9. The first-order valence-electron chi connectivity index (χ1n) is 28.3. The van der Waals surface area contributed by atoms with E-state index in [9.17, 15) is 19.2 Å². The SMILES string of the molecule is CNc1ccc2c(c1)NC(=O)C(N(C)C1CCCCC1)C2.CNc1ccc2c(c1)NC(=O)C(N1CCCOCC1)C2.CNc1ccc2c(c1)NC(=O)C(N1CCNCC1)C2.CNc1ccc2c(c1)NC(=O)C(N1CCSC1)C2. The summed E-state index contributed by atoms with van der Waals surface area (Å²) in [7, 11) is 9.66. The van der Waals surface area contributed by atoms with Crippen LogP contribution in [0, 0.1) is 0 Å². The van der Waals surface area contributed by atoms with Crippen molar-refractivity contribution in [3.8, 4) is 0 Å². The molecule has 0 spiro atoms. The van der Waals surface area contributed by atoms with Gasteiger partial charge in [-0.25, -0.2) is 0 Å². The Morgan fingerprint density at radius 3 is 1.38 bits per heavy atom. The van der Waals surface area contributed by atoms with Crippen LogP contribution in [0.1, 0.15) is 60.8 Å². The third kappa shape index (κ3) is 14.1. The van der Waals surface area contributed by atoms with Gasteiger partial charge in [0.05, 0.1) is 30.8 Å². The standard InChI is InChI=1S/C17H25N3O.C15H21N3O2.C14H20N4O.C13H17N3OS/c1-18-13-9-8-12-10-16(17(21)19-15(12)11-13)20(2)14-6-4-3-5-7-14;1-16-12-4-3-11-9-14(15(19)17-13(11)10-12)18-5-2-7-20-8-6-18;1-15-11-3-2-10-8-13(14(19)17-12(10)9-11)18-6-4-16-5-7-18;1-14-10-3-2-9-6-12(16-4-5-18-8-16)13(17)15-11(9)7-10/h8-9,11,14,16,18H,3-7,10H2,1-2H3,(H,19,21);3-4,10,14,16H,2,5-9H2,1H3,(H,17,19);2-3,9,13,15-16H,4-8H2,1H3,(H,17,19);2-3,7,12,14H,4-6,8H2,1H3,(H,15,17). The smallest absolute Gasteiger partial charge is 0.242 e. The summed E-state index contributed by atoms with van der Waals surface area (Å²) in [6.45, 7) is 8.13. The first-order chi connectivity index (χ1) is 38.0. The average molecular weight is 1090 g/mol. The number of piperazine rings is 1. The number of thioether (sulfide) groups is 1. The van der Waals surface area contributed by atoms with Crippen LogP contribution in [0.2, 0.25) is 0 Å². The molecule has 1 saturated carbocycles. The first-order valence-corrected chi connectivity index (χ1v) is 29.4. The average Bonchev–Trinajstić information content (AvgIpc) is 3.91. The van der Waals surface area contributed by atoms with Gasteiger partial charge in [0.25, 0.3) is 0 Å². The number of carbonyl (C=O) groups excluding carboxylic acids is 4. The predicted octanol–water partition coefficient (Wildman–Crippen LogP) is 6.26. The summed E-state index contributed by atoms with van der Waals surface area (Å²) in [5.74, 6) is 2.62. The second kappa shape index (κ2) is 27.3. The summed E-state index contributed by atoms with van der Waals surface area (Å²) < 4.78 is 5.47. The summed E-state index contributed by atoms with van der Waals surface area (Å²) in [5.41, 5.74) is 12.8. The third-order valence-corrected chi connectivity index (χ3v) is 17.6. The lowest BCUT2D eigenvalue weighted by atomic mass is 9.91. The van der Waals surface area contributed by atoms with Gasteiger partial charge in [0.15, 0.2) is 0 Å². The van der Waals surface area contributed by atoms with E-state index in [0.29, 0.717) is 6.04 Å². The number of hydrogen-bond acceptors (Lipinski definition) is 15. The number of fused-ring (bicyclic) bond motifs is 4. The molecule has 420 valence electrons. The van der Waals surface area contributed by atoms with E-state index in [1.807, 2.05) is 64.2 Å². The zero-order chi connectivity index (χ0) is 54.5. The topological polar surface area (TPSA) is 199 Å². The van der Waals surface area contributed by atoms with Gasteiger partial charge in [-0.15, -0.1) is 11.8 Å². The van der Waals surface area contributed by atoms with E-state index in [-0.39, 0.29) is 47.8 Å². The van der Waals surface area contributed by atoms with Gasteiger partial charge in [0.1, 0.15) is 0 Å². The highest BCUT2D eigenvalue weighted by molar-refractivity contribution is 7.99. The molecule has 8 aliphatic rings. The molecule has 18 nitrogen and oxygen atoms in total. The van der Waals surface area contributed by atoms with Crippen molar-refractivity contribution < 1.29 is 23.9 Å². The summed E-state index contributed by atoms with van der Waals surface area (Å²) >= 11 is 1.90. The number of carbonyl (C=O) groups is 4. The Morgan fingerprint density at radius 1 is 0.500 bits per heavy atom. The molecule has 4 atom stereocenters. The van der Waals surface area contributed by atoms with Crippen LogP contribution in [0.25, 0.3) is 0 Å². The maximum atomic E-state index is 12.5. The minimum absolute atomic E-state index is 0.00735. The molecule has 7 aliphatic heterocycles. The van der Waals surface area contributed by atoms with Gasteiger partial charge in [-0.1, -0.05) is 43.5 Å². The molecule has 78 heavy (non-hydrogen) atoms. The Labute approximate surface area is 465 Å². The number of ether oxygens (including phenoxy) is 1. The van der Waals surface area contributed by atoms with E-state index in [4.69, 9.17) is 4.74 Å². The van der Waals surface area contributed by atoms with Crippen molar-refractivity contribution in [1.29, 1.82) is 0 Å². The van der Waals surface area contributed by atoms with E-state index in [2.05, 4.69) is 123 Å². The molecule has 4 amide bonds. The lowest BCUT2D eigenvalue weighted by Gasteiger charge is -2.38. The lowest BCUT2D eigenvalue weighted by Crippen LogP contribution is -2.54. The van der Waals surface area contributed by atoms with Crippen LogP contribution in [0.15, 0.2) is 72.8 Å². The van der Waals surface area contributed by atoms with Crippen LogP contribution in [0.5, 0.6) is 0 Å². The number of anilines is 8. The van der Waals surface area contributed by atoms with Crippen LogP contribution >= 0.6 is 11.8 Å². The summed E-state index contributed by atoms with van der Waals surface area (Å²) in [6, 6.07) is 25.2. The highest BCUT2D eigenvalue weighted by Gasteiger charge is 2.36. The molecule has 3 saturated heterocycles. The molecule has 0 radical (unpaired) electrons. The van der Waals surface area contributed by atoms with Crippen molar-refractivity contribution in [2.24, 2.45) is 0 Å². The van der Waals surface area contributed by atoms with Gasteiger partial charge in [-0.2, -0.15) is 0 Å². The number of nitrogens with one attached hydrogen (secondary N) is 9. The maximum Gasteiger partial charge on any atom is 0.242 e. The fraction of sp³-hybridized carbons (Fsp3) is 0.525. The Kier molecular flexibility index (Phi) is 19.9. The zero-order valence-corrected chi connectivity index (χ0v) is 47.2. The number of rotatable bonds is 9. The largest absolute Gasteiger partial charge is 0.388 e. The molecule has 7 heterocycles. The molecule has 4 aromatic carbocycles. The minimum Gasteiger partial charge on any atom is -0.388 e. The second-order valence-corrected chi connectivity index (χ2v) is 22.5. The van der Waals surface area contributed by atoms with Crippen LogP contribution < -0.4 is 47.9 Å². The molecule has 4 aromatic rings. The van der Waals surface area contributed by atoms with Gasteiger partial charge < -0.3 is 52.6 Å². The molecule has 12 rings (SSSR count). The monoisotopic (exact) mass is 1090 g/mol. The highest BCUT2D eigenvalue weighted by atomic mass is 32.2. The van der Waals surface area contributed by atoms with Crippen molar-refractivity contribution in [3.05, 3.63) is 95.1 Å². The molecule has 0 aromatic heterocycles. The van der Waals surface area contributed by atoms with Crippen LogP contribution in [-0.2, 0) is 49.6 Å². The Hall–Kier alpha value is -5.93. The van der Waals surface area contributed by atoms with Crippen molar-refractivity contribution in [1.82, 2.24) is 24.9 Å². The molecule has 0 bridgehead atoms. The molecule has 19 heteroatoms. The number of nitrogens with zero attached hydrogens (tertiary/aromatic N) is 4. The minimum atomic E-state index is -0.0652. The van der Waals surface area contributed by atoms with Crippen LogP contribution in [0.3, 0.4) is 0 Å². The van der Waals surface area contributed by atoms with E-state index in [1.165, 1.54) is 54.4 Å². The van der Waals surface area contributed by atoms with Gasteiger partial charge >= 0.3 is 0 Å². The van der Waals surface area contributed by atoms with Gasteiger partial charge in [-0.3, -0.25) is 38.8 Å². The fourth-order valence-corrected chi connectivity index (χ4v) is 12.9. The number of hydrogen-bond donors (Lipinski definition) is 9. The first kappa shape index (κ1) is 56.8. The quantitative estimate of drug-likeness (QED) is 0.0910. The van der Waals surface area contributed by atoms with Gasteiger partial charge in [0, 0.05) is 144 Å². The van der Waals surface area contributed by atoms with Crippen molar-refractivity contribution in [2.45, 2.75) is 94.4 Å². The maximum absolute atomic E-state index is 12.5. The number of amides is 4. The van der Waals surface area contributed by atoms with Crippen LogP contribution in [0.4, 0.5) is 45.5 Å². The normalized spacial score (nSPS) is 23.4. The van der Waals surface area contributed by atoms with E-state index in [0.717, 1.165) is 148 Å². The lowest BCUT2D eigenvalue weighted by molar-refractivity contribution is -0.122. The molecule has 4 fully saturated rings. The van der Waals surface area contributed by atoms with Crippen molar-refractivity contribution in [2.75, 3.05) is 148 Å². The van der Waals surface area contributed by atoms with Gasteiger partial charge in [-0.05, 0) is 123 Å². The molecule has 1 aliphatic carbocycles. The predicted molar refractivity (Wildman–Crippen MR) is 319 cm³/mol. The van der Waals surface area contributed by atoms with E-state index in [1.54, 1.807) is 0 Å². The number of likely N-dealkylation sites (N-methyl/N-ethyl adjacent to an activating group) is 1. The molecular weight excluding hydrogens is 1000 g/mol. The van der Waals surface area contributed by atoms with Gasteiger partial charge in [0.2, 0.25) is 23.6 Å². The summed E-state index contributed by atoms with van der Waals surface area (Å²) in [4.78, 5) is 58.4. The summed E-state index contributed by atoms with van der Waals surface area (Å²) in [5, 5.41) is 27.9. The third-order valence-electron chi connectivity index (χ3n) is 16.6. The van der Waals surface area contributed by atoms with Crippen molar-refractivity contribution in [3.63, 3.8) is 0 Å². The second-order valence-electron chi connectivity index (χ2n) is 21.4. The Bertz CT molecular complexity index is 2700. The van der Waals surface area contributed by atoms with E-state index < -0.39 is 0 Å². The zero-order valence-electron chi connectivity index (χ0n) is 46.4. The molecule has 4 unspecified atom stereocenters. The molecular formula is C59H83N13O5S.